The van der Waals surface area contributed by atoms with Gasteiger partial charge < -0.3 is 23.5 Å². The number of imidazole rings is 1. The van der Waals surface area contributed by atoms with Gasteiger partial charge in [-0.3, -0.25) is 4.90 Å². The third-order valence-electron chi connectivity index (χ3n) is 8.08. The normalized spacial score (nSPS) is 22.5. The molecule has 0 N–H and O–H groups in total. The van der Waals surface area contributed by atoms with E-state index in [9.17, 15) is 13.6 Å². The molecule has 2 saturated heterocycles. The van der Waals surface area contributed by atoms with E-state index in [-0.39, 0.29) is 29.9 Å². The minimum atomic E-state index is -1.31. The van der Waals surface area contributed by atoms with Gasteiger partial charge in [0.15, 0.2) is 17.2 Å². The van der Waals surface area contributed by atoms with Crippen molar-refractivity contribution in [3.05, 3.63) is 75.8 Å². The Balaban J connectivity index is 1.16. The van der Waals surface area contributed by atoms with Gasteiger partial charge >= 0.3 is 5.97 Å². The molecule has 6 rings (SSSR count). The molecule has 0 bridgehead atoms. The van der Waals surface area contributed by atoms with Gasteiger partial charge in [0.05, 0.1) is 31.4 Å². The van der Waals surface area contributed by atoms with E-state index in [1.165, 1.54) is 6.07 Å². The Labute approximate surface area is 242 Å². The van der Waals surface area contributed by atoms with Crippen molar-refractivity contribution in [3.63, 3.8) is 0 Å². The number of piperidine rings is 1. The molecule has 0 aliphatic carbocycles. The number of para-hydroxylation sites is 1. The number of rotatable bonds is 8. The van der Waals surface area contributed by atoms with E-state index in [1.807, 2.05) is 18.2 Å². The maximum Gasteiger partial charge on any atom is 0.359 e. The Morgan fingerprint density at radius 1 is 1.17 bits per heavy atom. The molecule has 3 aliphatic rings. The lowest BCUT2D eigenvalue weighted by molar-refractivity contribution is -0.0712. The predicted molar refractivity (Wildman–Crippen MR) is 146 cm³/mol. The van der Waals surface area contributed by atoms with Gasteiger partial charge in [0.1, 0.15) is 11.6 Å². The Hall–Kier alpha value is -3.21. The van der Waals surface area contributed by atoms with Crippen molar-refractivity contribution < 1.29 is 32.5 Å². The molecule has 0 amide bonds. The molecule has 41 heavy (non-hydrogen) atoms. The van der Waals surface area contributed by atoms with E-state index in [1.54, 1.807) is 30.5 Å². The summed E-state index contributed by atoms with van der Waals surface area (Å²) in [5.41, 5.74) is 1.14. The highest BCUT2D eigenvalue weighted by molar-refractivity contribution is 6.30. The second-order valence-corrected chi connectivity index (χ2v) is 11.2. The summed E-state index contributed by atoms with van der Waals surface area (Å²) < 4.78 is 54.3. The molecule has 4 heterocycles. The third kappa shape index (κ3) is 5.40. The zero-order valence-corrected chi connectivity index (χ0v) is 23.8. The predicted octanol–water partition coefficient (Wildman–Crippen LogP) is 5.80. The summed E-state index contributed by atoms with van der Waals surface area (Å²) in [6.07, 6.45) is 2.43. The van der Waals surface area contributed by atoms with Gasteiger partial charge in [0, 0.05) is 24.1 Å². The molecular formula is C30H32ClF2N3O5. The van der Waals surface area contributed by atoms with Gasteiger partial charge in [-0.2, -0.15) is 4.39 Å². The topological polar surface area (TPSA) is 75.0 Å². The quantitative estimate of drug-likeness (QED) is 0.308. The number of nitrogens with zero attached hydrogens (tertiary/aromatic N) is 3. The molecule has 8 nitrogen and oxygen atoms in total. The first-order valence-electron chi connectivity index (χ1n) is 14.0. The molecule has 11 heteroatoms. The minimum Gasteiger partial charge on any atom is -0.461 e. The largest absolute Gasteiger partial charge is 0.461 e. The zero-order valence-electron chi connectivity index (χ0n) is 23.0. The number of benzene rings is 2. The lowest BCUT2D eigenvalue weighted by atomic mass is 9.88. The average molecular weight is 588 g/mol. The van der Waals surface area contributed by atoms with Gasteiger partial charge in [-0.05, 0) is 69.5 Å². The van der Waals surface area contributed by atoms with E-state index >= 15 is 0 Å². The monoisotopic (exact) mass is 587 g/mol. The molecule has 0 saturated carbocycles. The van der Waals surface area contributed by atoms with Gasteiger partial charge in [-0.1, -0.05) is 23.7 Å². The van der Waals surface area contributed by atoms with Crippen molar-refractivity contribution in [2.45, 2.75) is 64.0 Å². The number of aromatic nitrogens is 2. The fraction of sp³-hybridized carbons (Fsp3) is 0.467. The Morgan fingerprint density at radius 3 is 2.63 bits per heavy atom. The van der Waals surface area contributed by atoms with E-state index in [0.29, 0.717) is 42.0 Å². The summed E-state index contributed by atoms with van der Waals surface area (Å²) in [5.74, 6) is -1.46. The molecule has 0 spiro atoms. The van der Waals surface area contributed by atoms with Crippen LogP contribution in [0.5, 0.6) is 11.5 Å². The van der Waals surface area contributed by atoms with Crippen LogP contribution in [0, 0.1) is 11.8 Å². The first kappa shape index (κ1) is 27.9. The second kappa shape index (κ2) is 11.2. The number of hydrogen-bond donors (Lipinski definition) is 0. The highest BCUT2D eigenvalue weighted by Crippen LogP contribution is 2.49. The smallest absolute Gasteiger partial charge is 0.359 e. The number of hydrogen-bond acceptors (Lipinski definition) is 7. The van der Waals surface area contributed by atoms with Crippen molar-refractivity contribution in [2.24, 2.45) is 0 Å². The molecule has 1 aromatic heterocycles. The van der Waals surface area contributed by atoms with Crippen LogP contribution < -0.4 is 9.47 Å². The molecule has 2 aromatic carbocycles. The van der Waals surface area contributed by atoms with E-state index < -0.39 is 23.5 Å². The lowest BCUT2D eigenvalue weighted by Crippen LogP contribution is -2.36. The van der Waals surface area contributed by atoms with Gasteiger partial charge in [0.2, 0.25) is 5.95 Å². The molecule has 2 atom stereocenters. The van der Waals surface area contributed by atoms with Crippen molar-refractivity contribution in [1.29, 1.82) is 0 Å². The van der Waals surface area contributed by atoms with Crippen molar-refractivity contribution in [3.8, 4) is 11.5 Å². The summed E-state index contributed by atoms with van der Waals surface area (Å²) in [6.45, 7) is 6.43. The maximum atomic E-state index is 14.9. The molecule has 3 aliphatic heterocycles. The lowest BCUT2D eigenvalue weighted by Gasteiger charge is -2.33. The summed E-state index contributed by atoms with van der Waals surface area (Å²) in [7, 11) is 0. The number of likely N-dealkylation sites (tertiary alicyclic amines) is 1. The van der Waals surface area contributed by atoms with Gasteiger partial charge in [0.25, 0.3) is 5.79 Å². The highest BCUT2D eigenvalue weighted by Gasteiger charge is 2.43. The number of ether oxygens (including phenoxy) is 4. The summed E-state index contributed by atoms with van der Waals surface area (Å²) >= 11 is 5.95. The summed E-state index contributed by atoms with van der Waals surface area (Å²) in [4.78, 5) is 18.8. The number of carbonyl (C=O) groups excluding carboxylic acids is 1. The van der Waals surface area contributed by atoms with E-state index in [2.05, 4.69) is 9.88 Å². The third-order valence-corrected chi connectivity index (χ3v) is 8.31. The maximum absolute atomic E-state index is 14.9. The zero-order chi connectivity index (χ0) is 28.7. The average Bonchev–Trinajstić information content (AvgIpc) is 3.42. The summed E-state index contributed by atoms with van der Waals surface area (Å²) in [6, 6.07) is 10.2. The number of halogens is 3. The van der Waals surface area contributed by atoms with Crippen LogP contribution in [-0.4, -0.2) is 52.8 Å². The molecular weight excluding hydrogens is 556 g/mol. The van der Waals surface area contributed by atoms with Crippen LogP contribution in [0.3, 0.4) is 0 Å². The number of carbonyl (C=O) groups is 1. The van der Waals surface area contributed by atoms with Crippen LogP contribution in [0.2, 0.25) is 5.02 Å². The number of esters is 1. The SMILES string of the molecule is CCOC(=O)c1c(F)nc(CN2CCC(c3cccc4c3O[C@@](C)(c3ccc(Cl)cc3F)O4)CC2)n1C[C@@H]1CCO1. The molecule has 0 unspecified atom stereocenters. The first-order valence-corrected chi connectivity index (χ1v) is 14.4. The van der Waals surface area contributed by atoms with E-state index in [0.717, 1.165) is 37.9 Å². The summed E-state index contributed by atoms with van der Waals surface area (Å²) in [5, 5.41) is 0.302. The fourth-order valence-corrected chi connectivity index (χ4v) is 6.01. The van der Waals surface area contributed by atoms with Crippen LogP contribution in [-0.2, 0) is 28.4 Å². The van der Waals surface area contributed by atoms with Crippen LogP contribution in [0.1, 0.15) is 66.5 Å². The number of fused-ring (bicyclic) bond motifs is 1. The fourth-order valence-electron chi connectivity index (χ4n) is 5.85. The second-order valence-electron chi connectivity index (χ2n) is 10.8. The van der Waals surface area contributed by atoms with Gasteiger partial charge in [-0.25, -0.2) is 14.2 Å². The van der Waals surface area contributed by atoms with Crippen molar-refractivity contribution in [1.82, 2.24) is 14.5 Å². The Morgan fingerprint density at radius 2 is 1.95 bits per heavy atom. The highest BCUT2D eigenvalue weighted by atomic mass is 35.5. The van der Waals surface area contributed by atoms with Crippen LogP contribution in [0.25, 0.3) is 0 Å². The molecule has 3 aromatic rings. The standard InChI is InChI=1S/C30H32ClF2N3O5/c1-3-38-29(37)26-28(33)34-25(36(26)16-20-11-14-39-20)17-35-12-9-18(10-13-35)21-5-4-6-24-27(21)41-30(2,40-24)22-8-7-19(31)15-23(22)32/h4-8,15,18,20H,3,9-14,16-17H2,1-2H3/t20-,30-/m0/s1. The van der Waals surface area contributed by atoms with E-state index in [4.69, 9.17) is 30.5 Å². The van der Waals surface area contributed by atoms with Crippen LogP contribution >= 0.6 is 11.6 Å². The molecule has 218 valence electrons. The minimum absolute atomic E-state index is 0.0734. The Kier molecular flexibility index (Phi) is 7.65. The molecule has 2 fully saturated rings. The van der Waals surface area contributed by atoms with Gasteiger partial charge in [-0.15, -0.1) is 0 Å². The van der Waals surface area contributed by atoms with Crippen molar-refractivity contribution >= 4 is 17.6 Å². The first-order chi connectivity index (χ1) is 19.8. The van der Waals surface area contributed by atoms with Crippen LogP contribution in [0.15, 0.2) is 36.4 Å². The molecule has 0 radical (unpaired) electrons. The van der Waals surface area contributed by atoms with Crippen LogP contribution in [0.4, 0.5) is 8.78 Å². The van der Waals surface area contributed by atoms with Crippen molar-refractivity contribution in [2.75, 3.05) is 26.3 Å². The Bertz CT molecular complexity index is 1450.